The van der Waals surface area contributed by atoms with Crippen LogP contribution in [0.4, 0.5) is 0 Å². The van der Waals surface area contributed by atoms with Crippen LogP contribution in [0.2, 0.25) is 0 Å². The van der Waals surface area contributed by atoms with Crippen molar-refractivity contribution in [3.05, 3.63) is 24.3 Å². The van der Waals surface area contributed by atoms with Gasteiger partial charge in [-0.15, -0.1) is 0 Å². The minimum Gasteiger partial charge on any atom is -0.486 e. The zero-order valence-electron chi connectivity index (χ0n) is 11.4. The highest BCUT2D eigenvalue weighted by Gasteiger charge is 2.23. The Morgan fingerprint density at radius 1 is 1.37 bits per heavy atom. The molecule has 0 radical (unpaired) electrons. The molecular formula is C14H20N2O2S. The van der Waals surface area contributed by atoms with Crippen LogP contribution in [-0.2, 0) is 0 Å². The maximum Gasteiger partial charge on any atom is 0.169 e. The van der Waals surface area contributed by atoms with Gasteiger partial charge in [0.1, 0.15) is 6.61 Å². The fraction of sp³-hybridized carbons (Fsp3) is 0.500. The number of rotatable bonds is 4. The summed E-state index contributed by atoms with van der Waals surface area (Å²) >= 11 is 5.34. The van der Waals surface area contributed by atoms with E-state index >= 15 is 0 Å². The number of hydrogen-bond acceptors (Lipinski definition) is 3. The van der Waals surface area contributed by atoms with E-state index in [-0.39, 0.29) is 6.10 Å². The average molecular weight is 280 g/mol. The maximum absolute atomic E-state index is 5.94. The summed E-state index contributed by atoms with van der Waals surface area (Å²) in [6.07, 6.45) is 0.00598. The van der Waals surface area contributed by atoms with E-state index in [9.17, 15) is 0 Å². The second kappa shape index (κ2) is 6.61. The van der Waals surface area contributed by atoms with Crippen LogP contribution in [0.25, 0.3) is 0 Å². The predicted molar refractivity (Wildman–Crippen MR) is 79.9 cm³/mol. The summed E-state index contributed by atoms with van der Waals surface area (Å²) in [6, 6.07) is 7.75. The van der Waals surface area contributed by atoms with Crippen molar-refractivity contribution in [3.8, 4) is 11.5 Å². The second-order valence-corrected chi connectivity index (χ2v) is 4.76. The van der Waals surface area contributed by atoms with Gasteiger partial charge in [0.25, 0.3) is 0 Å². The normalized spacial score (nSPS) is 16.8. The van der Waals surface area contributed by atoms with Gasteiger partial charge in [-0.3, -0.25) is 0 Å². The number of ether oxygens (including phenoxy) is 2. The molecule has 0 bridgehead atoms. The standard InChI is InChI=1S/C14H20N2O2S/c1-3-15-14(19)16(4-2)9-11-10-17-12-7-5-6-8-13(12)18-11/h5-8,11H,3-4,9-10H2,1-2H3,(H,15,19)/t11-/m0/s1. The molecule has 1 atom stereocenters. The zero-order valence-corrected chi connectivity index (χ0v) is 12.2. The number of fused-ring (bicyclic) bond motifs is 1. The van der Waals surface area contributed by atoms with E-state index in [0.29, 0.717) is 6.61 Å². The Balaban J connectivity index is 1.95. The van der Waals surface area contributed by atoms with E-state index in [2.05, 4.69) is 17.1 Å². The zero-order chi connectivity index (χ0) is 13.7. The highest BCUT2D eigenvalue weighted by Crippen LogP contribution is 2.30. The third kappa shape index (κ3) is 3.50. The lowest BCUT2D eigenvalue weighted by Crippen LogP contribution is -2.47. The molecule has 1 aliphatic heterocycles. The fourth-order valence-corrected chi connectivity index (χ4v) is 2.37. The first-order valence-electron chi connectivity index (χ1n) is 6.65. The van der Waals surface area contributed by atoms with Gasteiger partial charge in [-0.2, -0.15) is 0 Å². The number of hydrogen-bond donors (Lipinski definition) is 1. The van der Waals surface area contributed by atoms with Crippen molar-refractivity contribution in [1.29, 1.82) is 0 Å². The largest absolute Gasteiger partial charge is 0.486 e. The average Bonchev–Trinajstić information content (AvgIpc) is 2.44. The summed E-state index contributed by atoms with van der Waals surface area (Å²) in [5.41, 5.74) is 0. The Bertz CT molecular complexity index is 439. The molecule has 104 valence electrons. The quantitative estimate of drug-likeness (QED) is 0.854. The van der Waals surface area contributed by atoms with Crippen LogP contribution in [0.5, 0.6) is 11.5 Å². The molecule has 0 aliphatic carbocycles. The molecule has 2 rings (SSSR count). The van der Waals surface area contributed by atoms with E-state index in [1.165, 1.54) is 0 Å². The first-order chi connectivity index (χ1) is 9.24. The van der Waals surface area contributed by atoms with Gasteiger partial charge in [0.05, 0.1) is 6.54 Å². The molecular weight excluding hydrogens is 260 g/mol. The van der Waals surface area contributed by atoms with Crippen molar-refractivity contribution in [2.45, 2.75) is 20.0 Å². The number of thiocarbonyl (C=S) groups is 1. The predicted octanol–water partition coefficient (Wildman–Crippen LogP) is 2.04. The number of nitrogens with one attached hydrogen (secondary N) is 1. The van der Waals surface area contributed by atoms with E-state index in [1.54, 1.807) is 0 Å². The first kappa shape index (κ1) is 13.9. The smallest absolute Gasteiger partial charge is 0.169 e. The lowest BCUT2D eigenvalue weighted by molar-refractivity contribution is 0.0748. The molecule has 4 nitrogen and oxygen atoms in total. The molecule has 5 heteroatoms. The molecule has 0 spiro atoms. The molecule has 19 heavy (non-hydrogen) atoms. The molecule has 0 unspecified atom stereocenters. The minimum absolute atomic E-state index is 0.00598. The summed E-state index contributed by atoms with van der Waals surface area (Å²) in [5.74, 6) is 1.63. The van der Waals surface area contributed by atoms with E-state index in [0.717, 1.165) is 36.2 Å². The molecule has 0 saturated heterocycles. The maximum atomic E-state index is 5.94. The van der Waals surface area contributed by atoms with Gasteiger partial charge in [0.2, 0.25) is 0 Å². The number of nitrogens with zero attached hydrogens (tertiary/aromatic N) is 1. The summed E-state index contributed by atoms with van der Waals surface area (Å²) in [5, 5.41) is 3.94. The summed E-state index contributed by atoms with van der Waals surface area (Å²) < 4.78 is 11.6. The van der Waals surface area contributed by atoms with Gasteiger partial charge in [0, 0.05) is 13.1 Å². The monoisotopic (exact) mass is 280 g/mol. The number of benzene rings is 1. The molecule has 1 aliphatic rings. The summed E-state index contributed by atoms with van der Waals surface area (Å²) in [4.78, 5) is 2.10. The van der Waals surface area contributed by atoms with Gasteiger partial charge in [-0.1, -0.05) is 12.1 Å². The number of para-hydroxylation sites is 2. The Morgan fingerprint density at radius 3 is 2.79 bits per heavy atom. The van der Waals surface area contributed by atoms with Gasteiger partial charge in [-0.05, 0) is 38.2 Å². The Morgan fingerprint density at radius 2 is 2.11 bits per heavy atom. The second-order valence-electron chi connectivity index (χ2n) is 4.37. The molecule has 1 aromatic rings. The third-order valence-electron chi connectivity index (χ3n) is 2.99. The van der Waals surface area contributed by atoms with Crippen molar-refractivity contribution in [1.82, 2.24) is 10.2 Å². The molecule has 1 N–H and O–H groups in total. The molecule has 0 amide bonds. The fourth-order valence-electron chi connectivity index (χ4n) is 2.02. The topological polar surface area (TPSA) is 33.7 Å². The first-order valence-corrected chi connectivity index (χ1v) is 7.06. The van der Waals surface area contributed by atoms with E-state index in [4.69, 9.17) is 21.7 Å². The van der Waals surface area contributed by atoms with Crippen LogP contribution in [0.3, 0.4) is 0 Å². The van der Waals surface area contributed by atoms with Crippen molar-refractivity contribution < 1.29 is 9.47 Å². The lowest BCUT2D eigenvalue weighted by atomic mass is 10.2. The molecule has 1 aromatic carbocycles. The van der Waals surface area contributed by atoms with Gasteiger partial charge >= 0.3 is 0 Å². The highest BCUT2D eigenvalue weighted by atomic mass is 32.1. The van der Waals surface area contributed by atoms with Crippen LogP contribution >= 0.6 is 12.2 Å². The van der Waals surface area contributed by atoms with Crippen molar-refractivity contribution in [2.24, 2.45) is 0 Å². The molecule has 0 aromatic heterocycles. The van der Waals surface area contributed by atoms with Crippen molar-refractivity contribution in [2.75, 3.05) is 26.2 Å². The number of likely N-dealkylation sites (N-methyl/N-ethyl adjacent to an activating group) is 1. The van der Waals surface area contributed by atoms with Crippen LogP contribution in [-0.4, -0.2) is 42.4 Å². The van der Waals surface area contributed by atoms with Gasteiger partial charge in [0.15, 0.2) is 22.7 Å². The summed E-state index contributed by atoms with van der Waals surface area (Å²) in [7, 11) is 0. The summed E-state index contributed by atoms with van der Waals surface area (Å²) in [6.45, 7) is 7.10. The molecule has 0 saturated carbocycles. The highest BCUT2D eigenvalue weighted by molar-refractivity contribution is 7.80. The molecule has 0 fully saturated rings. The molecule has 1 heterocycles. The van der Waals surface area contributed by atoms with Crippen LogP contribution in [0.1, 0.15) is 13.8 Å². The van der Waals surface area contributed by atoms with Crippen LogP contribution < -0.4 is 14.8 Å². The van der Waals surface area contributed by atoms with E-state index in [1.807, 2.05) is 31.2 Å². The third-order valence-corrected chi connectivity index (χ3v) is 3.39. The van der Waals surface area contributed by atoms with Gasteiger partial charge in [-0.25, -0.2) is 0 Å². The Labute approximate surface area is 119 Å². The van der Waals surface area contributed by atoms with Crippen molar-refractivity contribution >= 4 is 17.3 Å². The van der Waals surface area contributed by atoms with E-state index < -0.39 is 0 Å². The van der Waals surface area contributed by atoms with Crippen LogP contribution in [0, 0.1) is 0 Å². The lowest BCUT2D eigenvalue weighted by Gasteiger charge is -2.32. The SMILES string of the molecule is CCNC(=S)N(CC)C[C@H]1COc2ccccc2O1. The van der Waals surface area contributed by atoms with Gasteiger partial charge < -0.3 is 19.7 Å². The Kier molecular flexibility index (Phi) is 4.85. The van der Waals surface area contributed by atoms with Crippen molar-refractivity contribution in [3.63, 3.8) is 0 Å². The van der Waals surface area contributed by atoms with Crippen LogP contribution in [0.15, 0.2) is 24.3 Å². The minimum atomic E-state index is 0.00598. The Hall–Kier alpha value is -1.49.